The molecule has 2 aliphatic rings. The Morgan fingerprint density at radius 3 is 2.47 bits per heavy atom. The Hall–Kier alpha value is -4.25. The minimum Gasteiger partial charge on any atom is -0.490 e. The fraction of sp³-hybridized carbons (Fsp3) is 0.269. The van der Waals surface area contributed by atoms with Crippen LogP contribution in [0, 0.1) is 11.3 Å². The summed E-state index contributed by atoms with van der Waals surface area (Å²) in [7, 11) is 0. The smallest absolute Gasteiger partial charge is 0.271 e. The number of amides is 2. The lowest BCUT2D eigenvalue weighted by atomic mass is 9.93. The fourth-order valence-electron chi connectivity index (χ4n) is 3.82. The summed E-state index contributed by atoms with van der Waals surface area (Å²) in [6.45, 7) is 6.43. The van der Waals surface area contributed by atoms with E-state index in [1.807, 2.05) is 19.9 Å². The Kier molecular flexibility index (Phi) is 6.55. The van der Waals surface area contributed by atoms with Crippen LogP contribution in [0.15, 0.2) is 53.1 Å². The first kappa shape index (κ1) is 22.9. The molecule has 34 heavy (non-hydrogen) atoms. The molecule has 2 aromatic rings. The van der Waals surface area contributed by atoms with E-state index in [-0.39, 0.29) is 24.5 Å². The monoisotopic (exact) mass is 460 g/mol. The van der Waals surface area contributed by atoms with Crippen LogP contribution in [0.25, 0.3) is 6.08 Å². The van der Waals surface area contributed by atoms with E-state index in [4.69, 9.17) is 18.9 Å². The maximum absolute atomic E-state index is 13.4. The van der Waals surface area contributed by atoms with Gasteiger partial charge >= 0.3 is 0 Å². The summed E-state index contributed by atoms with van der Waals surface area (Å²) >= 11 is 0. The number of rotatable bonds is 7. The van der Waals surface area contributed by atoms with Gasteiger partial charge in [-0.2, -0.15) is 5.26 Å². The predicted octanol–water partition coefficient (Wildman–Crippen LogP) is 4.01. The van der Waals surface area contributed by atoms with Gasteiger partial charge < -0.3 is 18.9 Å². The zero-order valence-corrected chi connectivity index (χ0v) is 19.2. The summed E-state index contributed by atoms with van der Waals surface area (Å²) in [5, 5.41) is 9.66. The summed E-state index contributed by atoms with van der Waals surface area (Å²) in [6.07, 6.45) is 1.66. The standard InChI is InChI=1S/C26H24N2O6/c1-4-31-21-8-6-17(11-23(21)32-5-2)10-19-16(3)20(13-27)26(30)28(25(19)29)14-18-7-9-22-24(12-18)34-15-33-22/h6-12H,4-5,14-15H2,1-3H3/b19-10+. The van der Waals surface area contributed by atoms with E-state index in [1.54, 1.807) is 49.4 Å². The molecule has 0 saturated heterocycles. The Labute approximate surface area is 197 Å². The van der Waals surface area contributed by atoms with Gasteiger partial charge in [-0.05, 0) is 67.8 Å². The molecule has 0 spiro atoms. The van der Waals surface area contributed by atoms with Gasteiger partial charge in [0.1, 0.15) is 11.6 Å². The van der Waals surface area contributed by atoms with E-state index in [9.17, 15) is 14.9 Å². The largest absolute Gasteiger partial charge is 0.490 e. The van der Waals surface area contributed by atoms with Crippen LogP contribution in [0.2, 0.25) is 0 Å². The number of imide groups is 1. The molecule has 0 N–H and O–H groups in total. The summed E-state index contributed by atoms with van der Waals surface area (Å²) in [5.41, 5.74) is 1.91. The van der Waals surface area contributed by atoms with Crippen LogP contribution in [0.1, 0.15) is 31.9 Å². The highest BCUT2D eigenvalue weighted by Crippen LogP contribution is 2.35. The number of carbonyl (C=O) groups excluding carboxylic acids is 2. The van der Waals surface area contributed by atoms with Crippen LogP contribution in [0.5, 0.6) is 23.0 Å². The molecule has 2 aliphatic heterocycles. The number of ether oxygens (including phenoxy) is 4. The molecule has 0 aliphatic carbocycles. The van der Waals surface area contributed by atoms with Crippen molar-refractivity contribution in [3.05, 3.63) is 64.2 Å². The summed E-state index contributed by atoms with van der Waals surface area (Å²) in [6, 6.07) is 12.5. The molecule has 0 atom stereocenters. The van der Waals surface area contributed by atoms with Crippen molar-refractivity contribution >= 4 is 17.9 Å². The lowest BCUT2D eigenvalue weighted by Crippen LogP contribution is -2.42. The van der Waals surface area contributed by atoms with Crippen molar-refractivity contribution in [1.29, 1.82) is 5.26 Å². The maximum atomic E-state index is 13.4. The first-order valence-electron chi connectivity index (χ1n) is 10.9. The third-order valence-corrected chi connectivity index (χ3v) is 5.48. The Balaban J connectivity index is 1.71. The van der Waals surface area contributed by atoms with Crippen molar-refractivity contribution in [2.45, 2.75) is 27.3 Å². The highest BCUT2D eigenvalue weighted by Gasteiger charge is 2.35. The van der Waals surface area contributed by atoms with E-state index >= 15 is 0 Å². The SMILES string of the molecule is CCOc1ccc(/C=C2/C(=O)N(Cc3ccc4c(c3)OCO4)C(=O)C(C#N)=C2C)cc1OCC. The lowest BCUT2D eigenvalue weighted by molar-refractivity contribution is -0.141. The molecule has 8 nitrogen and oxygen atoms in total. The zero-order chi connectivity index (χ0) is 24.2. The topological polar surface area (TPSA) is 98.1 Å². The molecule has 0 bridgehead atoms. The maximum Gasteiger partial charge on any atom is 0.271 e. The Bertz CT molecular complexity index is 1250. The predicted molar refractivity (Wildman–Crippen MR) is 123 cm³/mol. The van der Waals surface area contributed by atoms with Gasteiger partial charge in [-0.15, -0.1) is 0 Å². The van der Waals surface area contributed by atoms with E-state index < -0.39 is 11.8 Å². The molecular weight excluding hydrogens is 436 g/mol. The number of nitrogens with zero attached hydrogens (tertiary/aromatic N) is 2. The van der Waals surface area contributed by atoms with Crippen molar-refractivity contribution in [2.24, 2.45) is 0 Å². The average molecular weight is 460 g/mol. The second-order valence-corrected chi connectivity index (χ2v) is 7.63. The summed E-state index contributed by atoms with van der Waals surface area (Å²) in [5.74, 6) is 1.21. The minimum absolute atomic E-state index is 0.00240. The van der Waals surface area contributed by atoms with Crippen LogP contribution < -0.4 is 18.9 Å². The number of carbonyl (C=O) groups is 2. The van der Waals surface area contributed by atoms with Crippen molar-refractivity contribution in [3.63, 3.8) is 0 Å². The number of benzene rings is 2. The number of hydrogen-bond acceptors (Lipinski definition) is 7. The number of fused-ring (bicyclic) bond motifs is 1. The molecule has 4 rings (SSSR count). The van der Waals surface area contributed by atoms with Gasteiger partial charge in [0, 0.05) is 5.57 Å². The molecule has 0 unspecified atom stereocenters. The Morgan fingerprint density at radius 2 is 1.74 bits per heavy atom. The minimum atomic E-state index is -0.624. The molecule has 2 aromatic carbocycles. The summed E-state index contributed by atoms with van der Waals surface area (Å²) < 4.78 is 22.0. The lowest BCUT2D eigenvalue weighted by Gasteiger charge is -2.27. The van der Waals surface area contributed by atoms with Gasteiger partial charge in [-0.3, -0.25) is 14.5 Å². The highest BCUT2D eigenvalue weighted by atomic mass is 16.7. The van der Waals surface area contributed by atoms with E-state index in [0.29, 0.717) is 52.9 Å². The molecule has 0 fully saturated rings. The van der Waals surface area contributed by atoms with E-state index in [2.05, 4.69) is 0 Å². The molecule has 0 saturated carbocycles. The van der Waals surface area contributed by atoms with E-state index in [0.717, 1.165) is 4.90 Å². The molecule has 2 heterocycles. The van der Waals surface area contributed by atoms with Crippen LogP contribution in [0.4, 0.5) is 0 Å². The van der Waals surface area contributed by atoms with Crippen LogP contribution in [0.3, 0.4) is 0 Å². The number of nitriles is 1. The molecule has 2 amide bonds. The van der Waals surface area contributed by atoms with Gasteiger partial charge in [-0.1, -0.05) is 12.1 Å². The van der Waals surface area contributed by atoms with Crippen molar-refractivity contribution in [1.82, 2.24) is 4.90 Å². The molecule has 0 aromatic heterocycles. The third-order valence-electron chi connectivity index (χ3n) is 5.48. The van der Waals surface area contributed by atoms with E-state index in [1.165, 1.54) is 0 Å². The van der Waals surface area contributed by atoms with Crippen LogP contribution in [-0.4, -0.2) is 36.7 Å². The Morgan fingerprint density at radius 1 is 1.00 bits per heavy atom. The summed E-state index contributed by atoms with van der Waals surface area (Å²) in [4.78, 5) is 27.5. The van der Waals surface area contributed by atoms with Gasteiger partial charge in [0.2, 0.25) is 6.79 Å². The first-order valence-corrected chi connectivity index (χ1v) is 10.9. The van der Waals surface area contributed by atoms with Crippen molar-refractivity contribution in [2.75, 3.05) is 20.0 Å². The van der Waals surface area contributed by atoms with Gasteiger partial charge in [-0.25, -0.2) is 0 Å². The first-order chi connectivity index (χ1) is 16.5. The zero-order valence-electron chi connectivity index (χ0n) is 19.2. The quantitative estimate of drug-likeness (QED) is 0.455. The van der Waals surface area contributed by atoms with Crippen molar-refractivity contribution in [3.8, 4) is 29.1 Å². The third kappa shape index (κ3) is 4.33. The fourth-order valence-corrected chi connectivity index (χ4v) is 3.82. The second kappa shape index (κ2) is 9.71. The number of hydrogen-bond donors (Lipinski definition) is 0. The molecule has 174 valence electrons. The van der Waals surface area contributed by atoms with Gasteiger partial charge in [0.15, 0.2) is 23.0 Å². The normalized spacial score (nSPS) is 16.2. The molecular formula is C26H24N2O6. The van der Waals surface area contributed by atoms with Gasteiger partial charge in [0.25, 0.3) is 11.8 Å². The van der Waals surface area contributed by atoms with Gasteiger partial charge in [0.05, 0.1) is 19.8 Å². The van der Waals surface area contributed by atoms with Crippen LogP contribution >= 0.6 is 0 Å². The second-order valence-electron chi connectivity index (χ2n) is 7.63. The average Bonchev–Trinajstić information content (AvgIpc) is 3.30. The molecule has 8 heteroatoms. The van der Waals surface area contributed by atoms with Crippen LogP contribution in [-0.2, 0) is 16.1 Å². The highest BCUT2D eigenvalue weighted by molar-refractivity contribution is 6.19. The molecule has 0 radical (unpaired) electrons. The van der Waals surface area contributed by atoms with Crippen molar-refractivity contribution < 1.29 is 28.5 Å².